The highest BCUT2D eigenvalue weighted by molar-refractivity contribution is 7.93. The molecule has 10 heteroatoms. The number of aromatic nitrogens is 1. The number of nitrogens with zero attached hydrogens (tertiary/aromatic N) is 1. The molecule has 0 spiro atoms. The molecule has 0 aliphatic heterocycles. The Labute approximate surface area is 128 Å². The maximum atomic E-state index is 12.9. The zero-order valence-corrected chi connectivity index (χ0v) is 12.6. The molecule has 0 bridgehead atoms. The highest BCUT2D eigenvalue weighted by Gasteiger charge is 2.20. The molecule has 112 valence electrons. The number of benzene rings is 1. The number of thiazole rings is 1. The summed E-state index contributed by atoms with van der Waals surface area (Å²) in [7, 11) is -4.04. The molecule has 6 nitrogen and oxygen atoms in total. The Balaban J connectivity index is 2.25. The first-order chi connectivity index (χ1) is 9.78. The molecule has 1 heterocycles. The first kappa shape index (κ1) is 15.7. The van der Waals surface area contributed by atoms with Crippen molar-refractivity contribution in [2.75, 3.05) is 4.72 Å². The monoisotopic (exact) mass is 349 g/mol. The van der Waals surface area contributed by atoms with E-state index in [4.69, 9.17) is 11.6 Å². The summed E-state index contributed by atoms with van der Waals surface area (Å²) in [5, 5.41) is 10.1. The maximum Gasteiger partial charge on any atom is 0.265 e. The van der Waals surface area contributed by atoms with Gasteiger partial charge in [0.25, 0.3) is 10.0 Å². The normalized spacial score (nSPS) is 11.3. The van der Waals surface area contributed by atoms with Gasteiger partial charge in [-0.25, -0.2) is 17.8 Å². The number of aliphatic carboxylic acids is 1. The summed E-state index contributed by atoms with van der Waals surface area (Å²) in [5.74, 6) is -1.96. The first-order valence-electron chi connectivity index (χ1n) is 5.40. The largest absolute Gasteiger partial charge is 0.550 e. The van der Waals surface area contributed by atoms with Crippen LogP contribution in [0.25, 0.3) is 0 Å². The molecule has 0 amide bonds. The van der Waals surface area contributed by atoms with E-state index in [9.17, 15) is 22.7 Å². The average Bonchev–Trinajstić information content (AvgIpc) is 2.73. The summed E-state index contributed by atoms with van der Waals surface area (Å²) >= 11 is 6.54. The zero-order chi connectivity index (χ0) is 15.6. The number of carboxylic acids is 1. The number of carboxylic acid groups (broad SMARTS) is 1. The van der Waals surface area contributed by atoms with Gasteiger partial charge in [0.05, 0.1) is 5.02 Å². The minimum atomic E-state index is -4.04. The van der Waals surface area contributed by atoms with E-state index < -0.39 is 21.8 Å². The van der Waals surface area contributed by atoms with Gasteiger partial charge in [-0.05, 0) is 18.2 Å². The zero-order valence-electron chi connectivity index (χ0n) is 10.2. The third-order valence-electron chi connectivity index (χ3n) is 2.28. The summed E-state index contributed by atoms with van der Waals surface area (Å²) in [6.07, 6.45) is 0.862. The molecule has 0 fully saturated rings. The molecule has 0 saturated heterocycles. The van der Waals surface area contributed by atoms with E-state index >= 15 is 0 Å². The standard InChI is InChI=1S/C11H8ClFN2O4S2/c12-8-3-6(13)1-2-9(8)21(18,19)15-11-14-5-7(20-11)4-10(16)17/h1-3,5H,4H2,(H,14,15)(H,16,17)/p-1. The number of nitrogens with one attached hydrogen (secondary N) is 1. The van der Waals surface area contributed by atoms with Gasteiger partial charge in [-0.2, -0.15) is 0 Å². The van der Waals surface area contributed by atoms with Gasteiger partial charge < -0.3 is 9.90 Å². The second-order valence-corrected chi connectivity index (χ2v) is 7.03. The van der Waals surface area contributed by atoms with Crippen molar-refractivity contribution in [3.8, 4) is 0 Å². The predicted octanol–water partition coefficient (Wildman–Crippen LogP) is 1.03. The van der Waals surface area contributed by atoms with E-state index in [-0.39, 0.29) is 21.5 Å². The maximum absolute atomic E-state index is 12.9. The summed E-state index contributed by atoms with van der Waals surface area (Å²) in [6.45, 7) is 0. The summed E-state index contributed by atoms with van der Waals surface area (Å²) in [4.78, 5) is 14.2. The fourth-order valence-corrected chi connectivity index (χ4v) is 4.01. The van der Waals surface area contributed by atoms with Crippen LogP contribution in [0.4, 0.5) is 9.52 Å². The number of hydrogen-bond acceptors (Lipinski definition) is 6. The Hall–Kier alpha value is -1.71. The number of carbonyl (C=O) groups is 1. The molecule has 1 aromatic carbocycles. The lowest BCUT2D eigenvalue weighted by molar-refractivity contribution is -0.304. The number of rotatable bonds is 5. The SMILES string of the molecule is O=C([O-])Cc1cnc(NS(=O)(=O)c2ccc(F)cc2Cl)s1. The fraction of sp³-hybridized carbons (Fsp3) is 0.0909. The predicted molar refractivity (Wildman–Crippen MR) is 73.0 cm³/mol. The lowest BCUT2D eigenvalue weighted by Gasteiger charge is -2.06. The third-order valence-corrected chi connectivity index (χ3v) is 5.14. The summed E-state index contributed by atoms with van der Waals surface area (Å²) < 4.78 is 39.2. The van der Waals surface area contributed by atoms with Gasteiger partial charge in [0.2, 0.25) is 0 Å². The van der Waals surface area contributed by atoms with Crippen LogP contribution in [0, 0.1) is 5.82 Å². The number of sulfonamides is 1. The molecule has 2 rings (SSSR count). The summed E-state index contributed by atoms with van der Waals surface area (Å²) in [6, 6.07) is 2.86. The van der Waals surface area contributed by atoms with Gasteiger partial charge in [0.15, 0.2) is 5.13 Å². The van der Waals surface area contributed by atoms with Crippen LogP contribution in [0.2, 0.25) is 5.02 Å². The second kappa shape index (κ2) is 5.96. The van der Waals surface area contributed by atoms with Gasteiger partial charge in [0, 0.05) is 23.5 Å². The van der Waals surface area contributed by atoms with E-state index in [1.54, 1.807) is 0 Å². The molecule has 2 aromatic rings. The molecule has 0 atom stereocenters. The molecule has 0 radical (unpaired) electrons. The first-order valence-corrected chi connectivity index (χ1v) is 8.08. The molecule has 21 heavy (non-hydrogen) atoms. The van der Waals surface area contributed by atoms with Gasteiger partial charge in [0.1, 0.15) is 10.7 Å². The molecule has 1 aromatic heterocycles. The smallest absolute Gasteiger partial charge is 0.265 e. The van der Waals surface area contributed by atoms with Crippen LogP contribution in [0.3, 0.4) is 0 Å². The fourth-order valence-electron chi connectivity index (χ4n) is 1.44. The second-order valence-electron chi connectivity index (χ2n) is 3.86. The van der Waals surface area contributed by atoms with Crippen LogP contribution < -0.4 is 9.83 Å². The lowest BCUT2D eigenvalue weighted by atomic mass is 10.3. The van der Waals surface area contributed by atoms with Crippen molar-refractivity contribution in [3.63, 3.8) is 0 Å². The van der Waals surface area contributed by atoms with E-state index in [1.807, 2.05) is 0 Å². The van der Waals surface area contributed by atoms with Crippen LogP contribution >= 0.6 is 22.9 Å². The molecule has 0 aliphatic carbocycles. The number of hydrogen-bond donors (Lipinski definition) is 1. The highest BCUT2D eigenvalue weighted by Crippen LogP contribution is 2.26. The number of carbonyl (C=O) groups excluding carboxylic acids is 1. The van der Waals surface area contributed by atoms with Crippen molar-refractivity contribution in [1.29, 1.82) is 0 Å². The molecule has 1 N–H and O–H groups in total. The number of halogens is 2. The van der Waals surface area contributed by atoms with Crippen molar-refractivity contribution in [3.05, 3.63) is 40.1 Å². The molecular formula is C11H7ClFN2O4S2-. The Morgan fingerprint density at radius 3 is 2.81 bits per heavy atom. The number of anilines is 1. The van der Waals surface area contributed by atoms with Gasteiger partial charge in [-0.15, -0.1) is 11.3 Å². The van der Waals surface area contributed by atoms with Crippen LogP contribution in [-0.2, 0) is 21.2 Å². The topological polar surface area (TPSA) is 99.2 Å². The van der Waals surface area contributed by atoms with Gasteiger partial charge >= 0.3 is 0 Å². The lowest BCUT2D eigenvalue weighted by Crippen LogP contribution is -2.23. The quantitative estimate of drug-likeness (QED) is 0.869. The third kappa shape index (κ3) is 3.90. The Bertz CT molecular complexity index is 791. The highest BCUT2D eigenvalue weighted by atomic mass is 35.5. The summed E-state index contributed by atoms with van der Waals surface area (Å²) in [5.41, 5.74) is 0. The van der Waals surface area contributed by atoms with Crippen LogP contribution in [0.1, 0.15) is 4.88 Å². The average molecular weight is 350 g/mol. The van der Waals surface area contributed by atoms with Crippen molar-refractivity contribution < 1.29 is 22.7 Å². The van der Waals surface area contributed by atoms with Gasteiger partial charge in [-0.1, -0.05) is 11.6 Å². The van der Waals surface area contributed by atoms with E-state index in [0.29, 0.717) is 4.88 Å². The minimum Gasteiger partial charge on any atom is -0.550 e. The Morgan fingerprint density at radius 2 is 2.19 bits per heavy atom. The van der Waals surface area contributed by atoms with E-state index in [1.165, 1.54) is 6.20 Å². The van der Waals surface area contributed by atoms with Crippen molar-refractivity contribution in [1.82, 2.24) is 4.98 Å². The van der Waals surface area contributed by atoms with E-state index in [0.717, 1.165) is 29.5 Å². The van der Waals surface area contributed by atoms with Crippen LogP contribution in [-0.4, -0.2) is 19.4 Å². The van der Waals surface area contributed by atoms with Gasteiger partial charge in [-0.3, -0.25) is 4.72 Å². The molecule has 0 unspecified atom stereocenters. The van der Waals surface area contributed by atoms with Crippen molar-refractivity contribution >= 4 is 44.1 Å². The van der Waals surface area contributed by atoms with E-state index in [2.05, 4.69) is 9.71 Å². The molecule has 0 saturated carbocycles. The molecular weight excluding hydrogens is 343 g/mol. The Morgan fingerprint density at radius 1 is 1.48 bits per heavy atom. The minimum absolute atomic E-state index is 0.0216. The van der Waals surface area contributed by atoms with Crippen LogP contribution in [0.15, 0.2) is 29.3 Å². The molecule has 0 aliphatic rings. The van der Waals surface area contributed by atoms with Crippen molar-refractivity contribution in [2.24, 2.45) is 0 Å². The van der Waals surface area contributed by atoms with Crippen LogP contribution in [0.5, 0.6) is 0 Å². The van der Waals surface area contributed by atoms with Crippen molar-refractivity contribution in [2.45, 2.75) is 11.3 Å². The Kier molecular flexibility index (Phi) is 4.45.